The van der Waals surface area contributed by atoms with Crippen LogP contribution in [0.5, 0.6) is 0 Å². The third-order valence-electron chi connectivity index (χ3n) is 4.12. The second-order valence-electron chi connectivity index (χ2n) is 6.26. The van der Waals surface area contributed by atoms with E-state index in [-0.39, 0.29) is 24.8 Å². The van der Waals surface area contributed by atoms with E-state index in [1.165, 1.54) is 0 Å². The summed E-state index contributed by atoms with van der Waals surface area (Å²) in [4.78, 5) is 24.2. The summed E-state index contributed by atoms with van der Waals surface area (Å²) in [5.41, 5.74) is 2.25. The van der Waals surface area contributed by atoms with Crippen LogP contribution in [0, 0.1) is 6.92 Å². The normalized spacial score (nSPS) is 11.6. The summed E-state index contributed by atoms with van der Waals surface area (Å²) in [5.74, 6) is -0.0967. The van der Waals surface area contributed by atoms with Crippen LogP contribution in [0.1, 0.15) is 41.3 Å². The highest BCUT2D eigenvalue weighted by Gasteiger charge is 2.19. The van der Waals surface area contributed by atoms with Gasteiger partial charge in [0, 0.05) is 17.7 Å². The Morgan fingerprint density at radius 2 is 1.79 bits per heavy atom. The number of carbonyl (C=O) groups is 2. The molecule has 28 heavy (non-hydrogen) atoms. The molecule has 0 bridgehead atoms. The van der Waals surface area contributed by atoms with Gasteiger partial charge in [0.25, 0.3) is 11.8 Å². The van der Waals surface area contributed by atoms with E-state index in [0.717, 1.165) is 11.1 Å². The topological polar surface area (TPSA) is 94.3 Å². The van der Waals surface area contributed by atoms with E-state index in [1.807, 2.05) is 49.4 Å². The Morgan fingerprint density at radius 1 is 1.07 bits per heavy atom. The Morgan fingerprint density at radius 3 is 2.54 bits per heavy atom. The number of hydrogen-bond donors (Lipinski definition) is 1. The van der Waals surface area contributed by atoms with Gasteiger partial charge in [-0.25, -0.2) is 0 Å². The first-order valence-electron chi connectivity index (χ1n) is 8.96. The summed E-state index contributed by atoms with van der Waals surface area (Å²) in [6.07, 6.45) is -0.633. The summed E-state index contributed by atoms with van der Waals surface area (Å²) >= 11 is 0. The van der Waals surface area contributed by atoms with Crippen LogP contribution in [-0.2, 0) is 9.53 Å². The number of esters is 1. The minimum atomic E-state index is -0.676. The second kappa shape index (κ2) is 8.94. The first-order chi connectivity index (χ1) is 13.5. The molecule has 7 heteroatoms. The third-order valence-corrected chi connectivity index (χ3v) is 4.12. The maximum atomic E-state index is 12.1. The Hall–Kier alpha value is -3.48. The Balaban J connectivity index is 1.48. The van der Waals surface area contributed by atoms with Gasteiger partial charge in [-0.1, -0.05) is 36.4 Å². The fourth-order valence-corrected chi connectivity index (χ4v) is 2.60. The minimum Gasteiger partial charge on any atom is -0.453 e. The molecule has 0 unspecified atom stereocenters. The van der Waals surface area contributed by atoms with Crippen LogP contribution in [0.3, 0.4) is 0 Å². The smallest absolute Gasteiger partial charge is 0.308 e. The summed E-state index contributed by atoms with van der Waals surface area (Å²) in [6.45, 7) is 3.70. The van der Waals surface area contributed by atoms with Crippen molar-refractivity contribution in [2.24, 2.45) is 0 Å². The van der Waals surface area contributed by atoms with Crippen molar-refractivity contribution in [2.45, 2.75) is 26.4 Å². The molecule has 1 aromatic heterocycles. The van der Waals surface area contributed by atoms with Crippen LogP contribution in [0.2, 0.25) is 0 Å². The first-order valence-corrected chi connectivity index (χ1v) is 8.96. The maximum absolute atomic E-state index is 12.1. The average molecular weight is 379 g/mol. The standard InChI is InChI=1S/C21H21N3O4/c1-14-8-6-7-11-17(14)19(26)22-13-12-18(25)27-15(2)20-23-24-21(28-20)16-9-4-3-5-10-16/h3-11,15H,12-13H2,1-2H3,(H,22,26)/t15-/m1/s1. The number of rotatable bonds is 7. The number of nitrogens with one attached hydrogen (secondary N) is 1. The number of nitrogens with zero attached hydrogens (tertiary/aromatic N) is 2. The molecule has 1 heterocycles. The molecule has 0 aliphatic rings. The molecule has 0 saturated carbocycles. The Kier molecular flexibility index (Phi) is 6.16. The van der Waals surface area contributed by atoms with Crippen molar-refractivity contribution >= 4 is 11.9 Å². The van der Waals surface area contributed by atoms with Crippen LogP contribution in [0.25, 0.3) is 11.5 Å². The van der Waals surface area contributed by atoms with Crippen LogP contribution in [-0.4, -0.2) is 28.6 Å². The van der Waals surface area contributed by atoms with E-state index in [9.17, 15) is 9.59 Å². The van der Waals surface area contributed by atoms with Crippen molar-refractivity contribution in [3.8, 4) is 11.5 Å². The minimum absolute atomic E-state index is 0.0433. The molecule has 0 aliphatic heterocycles. The average Bonchev–Trinajstić information content (AvgIpc) is 3.19. The molecule has 1 amide bonds. The molecule has 1 atom stereocenters. The number of benzene rings is 2. The molecule has 0 radical (unpaired) electrons. The van der Waals surface area contributed by atoms with Gasteiger partial charge in [0.05, 0.1) is 6.42 Å². The van der Waals surface area contributed by atoms with Crippen molar-refractivity contribution in [2.75, 3.05) is 6.54 Å². The largest absolute Gasteiger partial charge is 0.453 e. The third kappa shape index (κ3) is 4.82. The van der Waals surface area contributed by atoms with E-state index in [0.29, 0.717) is 11.5 Å². The number of ether oxygens (including phenoxy) is 1. The molecule has 0 aliphatic carbocycles. The maximum Gasteiger partial charge on any atom is 0.308 e. The predicted molar refractivity (Wildman–Crippen MR) is 102 cm³/mol. The molecular weight excluding hydrogens is 358 g/mol. The van der Waals surface area contributed by atoms with Gasteiger partial charge in [-0.15, -0.1) is 10.2 Å². The van der Waals surface area contributed by atoms with Crippen LogP contribution < -0.4 is 5.32 Å². The molecule has 3 aromatic rings. The lowest BCUT2D eigenvalue weighted by atomic mass is 10.1. The lowest BCUT2D eigenvalue weighted by Crippen LogP contribution is -2.27. The zero-order valence-corrected chi connectivity index (χ0v) is 15.7. The van der Waals surface area contributed by atoms with Gasteiger partial charge in [-0.3, -0.25) is 9.59 Å². The van der Waals surface area contributed by atoms with Crippen molar-refractivity contribution < 1.29 is 18.7 Å². The molecule has 0 fully saturated rings. The zero-order valence-electron chi connectivity index (χ0n) is 15.7. The van der Waals surface area contributed by atoms with Crippen molar-refractivity contribution in [3.63, 3.8) is 0 Å². The molecule has 3 rings (SSSR count). The Bertz CT molecular complexity index is 953. The van der Waals surface area contributed by atoms with Crippen molar-refractivity contribution in [1.29, 1.82) is 0 Å². The van der Waals surface area contributed by atoms with Crippen LogP contribution in [0.4, 0.5) is 0 Å². The Labute approximate surface area is 162 Å². The molecule has 0 spiro atoms. The van der Waals surface area contributed by atoms with E-state index < -0.39 is 12.1 Å². The molecule has 7 nitrogen and oxygen atoms in total. The van der Waals surface area contributed by atoms with Gasteiger partial charge in [0.1, 0.15) is 0 Å². The van der Waals surface area contributed by atoms with Gasteiger partial charge in [-0.05, 0) is 37.6 Å². The summed E-state index contributed by atoms with van der Waals surface area (Å²) in [6, 6.07) is 16.6. The fourth-order valence-electron chi connectivity index (χ4n) is 2.60. The van der Waals surface area contributed by atoms with Crippen LogP contribution in [0.15, 0.2) is 59.0 Å². The monoisotopic (exact) mass is 379 g/mol. The highest BCUT2D eigenvalue weighted by Crippen LogP contribution is 2.22. The van der Waals surface area contributed by atoms with E-state index in [1.54, 1.807) is 19.1 Å². The SMILES string of the molecule is Cc1ccccc1C(=O)NCCC(=O)O[C@H](C)c1nnc(-c2ccccc2)o1. The molecular formula is C21H21N3O4. The summed E-state index contributed by atoms with van der Waals surface area (Å²) < 4.78 is 10.9. The van der Waals surface area contributed by atoms with Gasteiger partial charge < -0.3 is 14.5 Å². The lowest BCUT2D eigenvalue weighted by molar-refractivity contribution is -0.149. The molecule has 0 saturated heterocycles. The number of aryl methyl sites for hydroxylation is 1. The summed E-state index contributed by atoms with van der Waals surface area (Å²) in [5, 5.41) is 10.6. The van der Waals surface area contributed by atoms with Crippen molar-refractivity contribution in [1.82, 2.24) is 15.5 Å². The first kappa shape index (κ1) is 19.3. The van der Waals surface area contributed by atoms with Gasteiger partial charge >= 0.3 is 5.97 Å². The van der Waals surface area contributed by atoms with E-state index in [4.69, 9.17) is 9.15 Å². The van der Waals surface area contributed by atoms with Gasteiger partial charge in [0.15, 0.2) is 6.10 Å². The van der Waals surface area contributed by atoms with Gasteiger partial charge in [0.2, 0.25) is 5.89 Å². The number of amides is 1. The number of carbonyl (C=O) groups excluding carboxylic acids is 2. The fraction of sp³-hybridized carbons (Fsp3) is 0.238. The molecule has 1 N–H and O–H groups in total. The summed E-state index contributed by atoms with van der Waals surface area (Å²) in [7, 11) is 0. The van der Waals surface area contributed by atoms with E-state index >= 15 is 0 Å². The van der Waals surface area contributed by atoms with Crippen molar-refractivity contribution in [3.05, 3.63) is 71.6 Å². The highest BCUT2D eigenvalue weighted by atomic mass is 16.6. The number of aromatic nitrogens is 2. The quantitative estimate of drug-likeness (QED) is 0.632. The van der Waals surface area contributed by atoms with Gasteiger partial charge in [-0.2, -0.15) is 0 Å². The predicted octanol–water partition coefficient (Wildman–Crippen LogP) is 3.47. The molecule has 144 valence electrons. The second-order valence-corrected chi connectivity index (χ2v) is 6.26. The number of hydrogen-bond acceptors (Lipinski definition) is 6. The molecule has 2 aromatic carbocycles. The highest BCUT2D eigenvalue weighted by molar-refractivity contribution is 5.95. The lowest BCUT2D eigenvalue weighted by Gasteiger charge is -2.10. The zero-order chi connectivity index (χ0) is 19.9. The van der Waals surface area contributed by atoms with Crippen LogP contribution >= 0.6 is 0 Å². The van der Waals surface area contributed by atoms with E-state index in [2.05, 4.69) is 15.5 Å².